The van der Waals surface area contributed by atoms with Crippen LogP contribution in [0.5, 0.6) is 5.88 Å². The van der Waals surface area contributed by atoms with E-state index in [9.17, 15) is 13.2 Å². The minimum absolute atomic E-state index is 0.0395. The Bertz CT molecular complexity index is 511. The molecule has 0 aliphatic carbocycles. The number of rotatable bonds is 7. The summed E-state index contributed by atoms with van der Waals surface area (Å²) in [7, 11) is -1.57. The van der Waals surface area contributed by atoms with Gasteiger partial charge in [0, 0.05) is 18.4 Å². The molecule has 1 aromatic heterocycles. The third kappa shape index (κ3) is 4.10. The van der Waals surface area contributed by atoms with Crippen LogP contribution in [0.15, 0.2) is 18.3 Å². The normalized spacial score (nSPS) is 11.2. The molecule has 100 valence electrons. The summed E-state index contributed by atoms with van der Waals surface area (Å²) in [4.78, 5) is 15.8. The number of carbonyl (C=O) groups excluding carboxylic acids is 1. The molecule has 0 N–H and O–H groups in total. The highest BCUT2D eigenvalue weighted by molar-refractivity contribution is 7.91. The maximum atomic E-state index is 11.9. The first-order valence-electron chi connectivity index (χ1n) is 5.72. The predicted molar refractivity (Wildman–Crippen MR) is 68.7 cm³/mol. The van der Waals surface area contributed by atoms with Gasteiger partial charge in [-0.15, -0.1) is 0 Å². The largest absolute Gasteiger partial charge is 0.480 e. The first kappa shape index (κ1) is 14.6. The van der Waals surface area contributed by atoms with E-state index in [1.54, 1.807) is 19.1 Å². The molecule has 0 atom stereocenters. The lowest BCUT2D eigenvalue weighted by molar-refractivity contribution is 0.0978. The van der Waals surface area contributed by atoms with E-state index < -0.39 is 9.84 Å². The number of aromatic nitrogens is 1. The lowest BCUT2D eigenvalue weighted by Gasteiger charge is -2.05. The lowest BCUT2D eigenvalue weighted by atomic mass is 10.1. The summed E-state index contributed by atoms with van der Waals surface area (Å²) in [5.74, 6) is 0.280. The molecule has 0 amide bonds. The van der Waals surface area contributed by atoms with Crippen LogP contribution in [-0.2, 0) is 9.84 Å². The van der Waals surface area contributed by atoms with Crippen LogP contribution < -0.4 is 4.74 Å². The van der Waals surface area contributed by atoms with E-state index >= 15 is 0 Å². The second-order valence-electron chi connectivity index (χ2n) is 3.82. The molecule has 0 bridgehead atoms. The average Bonchev–Trinajstić information content (AvgIpc) is 2.38. The highest BCUT2D eigenvalue weighted by Gasteiger charge is 2.14. The van der Waals surface area contributed by atoms with E-state index in [2.05, 4.69) is 4.98 Å². The van der Waals surface area contributed by atoms with Crippen molar-refractivity contribution in [2.24, 2.45) is 0 Å². The molecule has 0 spiro atoms. The van der Waals surface area contributed by atoms with Gasteiger partial charge in [0.05, 0.1) is 18.4 Å². The van der Waals surface area contributed by atoms with Crippen molar-refractivity contribution < 1.29 is 17.9 Å². The third-order valence-corrected chi connectivity index (χ3v) is 4.35. The second kappa shape index (κ2) is 6.49. The zero-order valence-corrected chi connectivity index (χ0v) is 11.4. The van der Waals surface area contributed by atoms with Crippen molar-refractivity contribution in [1.29, 1.82) is 0 Å². The third-order valence-electron chi connectivity index (χ3n) is 2.56. The van der Waals surface area contributed by atoms with Crippen molar-refractivity contribution in [3.8, 4) is 5.88 Å². The number of hydrogen-bond acceptors (Lipinski definition) is 5. The Labute approximate surface area is 107 Å². The number of carbonyl (C=O) groups is 1. The molecule has 5 nitrogen and oxygen atoms in total. The molecule has 0 saturated heterocycles. The van der Waals surface area contributed by atoms with Gasteiger partial charge in [-0.05, 0) is 18.6 Å². The van der Waals surface area contributed by atoms with Crippen molar-refractivity contribution >= 4 is 15.6 Å². The Morgan fingerprint density at radius 2 is 2.17 bits per heavy atom. The van der Waals surface area contributed by atoms with Crippen LogP contribution in [0.3, 0.4) is 0 Å². The Kier molecular flexibility index (Phi) is 5.27. The number of pyridine rings is 1. The Morgan fingerprint density at radius 1 is 1.44 bits per heavy atom. The number of ketones is 1. The Balaban J connectivity index is 2.61. The molecular weight excluding hydrogens is 254 g/mol. The summed E-state index contributed by atoms with van der Waals surface area (Å²) in [5.41, 5.74) is 0.397. The Hall–Kier alpha value is -1.43. The van der Waals surface area contributed by atoms with E-state index in [1.807, 2.05) is 0 Å². The maximum Gasteiger partial charge on any atom is 0.224 e. The highest BCUT2D eigenvalue weighted by atomic mass is 32.2. The number of methoxy groups -OCH3 is 1. The number of ether oxygens (including phenoxy) is 1. The molecule has 0 unspecified atom stereocenters. The molecule has 18 heavy (non-hydrogen) atoms. The number of nitrogens with zero attached hydrogens (tertiary/aromatic N) is 1. The molecule has 0 aromatic carbocycles. The standard InChI is InChI=1S/C12H17NO4S/c1-3-18(15,16)9-5-7-11(14)10-6-4-8-13-12(10)17-2/h4,6,8H,3,5,7,9H2,1-2H3. The van der Waals surface area contributed by atoms with Gasteiger partial charge >= 0.3 is 0 Å². The summed E-state index contributed by atoms with van der Waals surface area (Å²) in [6, 6.07) is 3.28. The van der Waals surface area contributed by atoms with Gasteiger partial charge in [0.15, 0.2) is 5.78 Å². The van der Waals surface area contributed by atoms with E-state index in [-0.39, 0.29) is 29.6 Å². The highest BCUT2D eigenvalue weighted by Crippen LogP contribution is 2.16. The Morgan fingerprint density at radius 3 is 2.78 bits per heavy atom. The smallest absolute Gasteiger partial charge is 0.224 e. The van der Waals surface area contributed by atoms with Crippen LogP contribution in [0.25, 0.3) is 0 Å². The molecule has 0 radical (unpaired) electrons. The zero-order chi connectivity index (χ0) is 13.6. The molecule has 1 aromatic rings. The summed E-state index contributed by atoms with van der Waals surface area (Å²) < 4.78 is 27.6. The van der Waals surface area contributed by atoms with Crippen LogP contribution in [0, 0.1) is 0 Å². The minimum atomic E-state index is -3.01. The molecule has 0 saturated carbocycles. The predicted octanol–water partition coefficient (Wildman–Crippen LogP) is 1.49. The first-order valence-corrected chi connectivity index (χ1v) is 7.55. The number of hydrogen-bond donors (Lipinski definition) is 0. The number of Topliss-reactive ketones (excluding diaryl/α,β-unsaturated/α-hetero) is 1. The van der Waals surface area contributed by atoms with E-state index in [1.165, 1.54) is 13.3 Å². The van der Waals surface area contributed by atoms with Crippen LogP contribution in [0.4, 0.5) is 0 Å². The van der Waals surface area contributed by atoms with Gasteiger partial charge in [-0.3, -0.25) is 4.79 Å². The van der Waals surface area contributed by atoms with E-state index in [0.29, 0.717) is 12.0 Å². The van der Waals surface area contributed by atoms with E-state index in [4.69, 9.17) is 4.74 Å². The SMILES string of the molecule is CCS(=O)(=O)CCCC(=O)c1cccnc1OC. The van der Waals surface area contributed by atoms with E-state index in [0.717, 1.165) is 0 Å². The van der Waals surface area contributed by atoms with Gasteiger partial charge in [-0.1, -0.05) is 6.92 Å². The quantitative estimate of drug-likeness (QED) is 0.702. The van der Waals surface area contributed by atoms with Crippen molar-refractivity contribution in [2.75, 3.05) is 18.6 Å². The van der Waals surface area contributed by atoms with Crippen molar-refractivity contribution in [1.82, 2.24) is 4.98 Å². The first-order chi connectivity index (χ1) is 8.50. The van der Waals surface area contributed by atoms with Gasteiger partial charge in [0.1, 0.15) is 9.84 Å². The van der Waals surface area contributed by atoms with Gasteiger partial charge in [-0.25, -0.2) is 13.4 Å². The molecule has 6 heteroatoms. The topological polar surface area (TPSA) is 73.3 Å². The maximum absolute atomic E-state index is 11.9. The molecular formula is C12H17NO4S. The lowest BCUT2D eigenvalue weighted by Crippen LogP contribution is -2.11. The minimum Gasteiger partial charge on any atom is -0.480 e. The number of sulfone groups is 1. The van der Waals surface area contributed by atoms with Crippen molar-refractivity contribution in [3.05, 3.63) is 23.9 Å². The molecule has 0 fully saturated rings. The molecule has 1 heterocycles. The monoisotopic (exact) mass is 271 g/mol. The van der Waals surface area contributed by atoms with Crippen LogP contribution >= 0.6 is 0 Å². The summed E-state index contributed by atoms with van der Waals surface area (Å²) in [6.07, 6.45) is 2.05. The zero-order valence-electron chi connectivity index (χ0n) is 10.5. The second-order valence-corrected chi connectivity index (χ2v) is 6.30. The fourth-order valence-corrected chi connectivity index (χ4v) is 2.37. The van der Waals surface area contributed by atoms with Crippen LogP contribution in [0.2, 0.25) is 0 Å². The van der Waals surface area contributed by atoms with Crippen molar-refractivity contribution in [3.63, 3.8) is 0 Å². The average molecular weight is 271 g/mol. The summed E-state index contributed by atoms with van der Waals surface area (Å²) in [5, 5.41) is 0. The van der Waals surface area contributed by atoms with Crippen LogP contribution in [0.1, 0.15) is 30.1 Å². The molecule has 1 rings (SSSR count). The van der Waals surface area contributed by atoms with Gasteiger partial charge in [-0.2, -0.15) is 0 Å². The van der Waals surface area contributed by atoms with Gasteiger partial charge in [0.2, 0.25) is 5.88 Å². The fourth-order valence-electron chi connectivity index (χ4n) is 1.50. The summed E-state index contributed by atoms with van der Waals surface area (Å²) in [6.45, 7) is 1.60. The van der Waals surface area contributed by atoms with Crippen LogP contribution in [-0.4, -0.2) is 37.8 Å². The fraction of sp³-hybridized carbons (Fsp3) is 0.500. The molecule has 0 aliphatic heterocycles. The van der Waals surface area contributed by atoms with Gasteiger partial charge in [0.25, 0.3) is 0 Å². The molecule has 0 aliphatic rings. The summed E-state index contributed by atoms with van der Waals surface area (Å²) >= 11 is 0. The van der Waals surface area contributed by atoms with Gasteiger partial charge < -0.3 is 4.74 Å². The van der Waals surface area contributed by atoms with Crippen molar-refractivity contribution in [2.45, 2.75) is 19.8 Å².